The van der Waals surface area contributed by atoms with Gasteiger partial charge in [0.05, 0.1) is 13.0 Å². The van der Waals surface area contributed by atoms with E-state index in [0.717, 1.165) is 22.0 Å². The lowest BCUT2D eigenvalue weighted by molar-refractivity contribution is -0.125. The Morgan fingerprint density at radius 3 is 2.36 bits per heavy atom. The number of rotatable bonds is 8. The zero-order valence-corrected chi connectivity index (χ0v) is 16.0. The predicted octanol–water partition coefficient (Wildman–Crippen LogP) is 2.75. The van der Waals surface area contributed by atoms with E-state index in [1.165, 1.54) is 0 Å². The van der Waals surface area contributed by atoms with Gasteiger partial charge in [-0.3, -0.25) is 9.59 Å². The van der Waals surface area contributed by atoms with Gasteiger partial charge in [-0.1, -0.05) is 60.7 Å². The number of carbonyl (C=O) groups excluding carboxylic acids is 2. The second-order valence-electron chi connectivity index (χ2n) is 6.70. The van der Waals surface area contributed by atoms with Crippen LogP contribution in [0.15, 0.2) is 72.8 Å². The normalized spacial score (nSPS) is 10.5. The molecule has 5 nitrogen and oxygen atoms in total. The van der Waals surface area contributed by atoms with Crippen LogP contribution in [-0.4, -0.2) is 38.5 Å². The average molecular weight is 375 g/mol. The molecule has 0 unspecified atom stereocenters. The van der Waals surface area contributed by atoms with Gasteiger partial charge in [0, 0.05) is 25.8 Å². The summed E-state index contributed by atoms with van der Waals surface area (Å²) in [6.45, 7) is 1.20. The zero-order chi connectivity index (χ0) is 19.8. The largest absolute Gasteiger partial charge is 0.373 e. The SMILES string of the molecule is CN(CCNC(=O)CNC(=O)Cc1cccc2ccccc12)c1ccccc1. The van der Waals surface area contributed by atoms with Gasteiger partial charge in [0.1, 0.15) is 0 Å². The molecule has 0 atom stereocenters. The summed E-state index contributed by atoms with van der Waals surface area (Å²) in [6.07, 6.45) is 0.255. The maximum atomic E-state index is 12.2. The van der Waals surface area contributed by atoms with Crippen molar-refractivity contribution in [3.8, 4) is 0 Å². The molecule has 2 amide bonds. The molecule has 5 heteroatoms. The molecule has 3 rings (SSSR count). The molecule has 3 aromatic carbocycles. The Kier molecular flexibility index (Phi) is 6.63. The minimum absolute atomic E-state index is 0.0152. The maximum absolute atomic E-state index is 12.2. The van der Waals surface area contributed by atoms with Crippen LogP contribution < -0.4 is 15.5 Å². The third-order valence-corrected chi connectivity index (χ3v) is 4.64. The Hall–Kier alpha value is -3.34. The number of nitrogens with zero attached hydrogens (tertiary/aromatic N) is 1. The number of hydrogen-bond donors (Lipinski definition) is 2. The van der Waals surface area contributed by atoms with E-state index < -0.39 is 0 Å². The van der Waals surface area contributed by atoms with Gasteiger partial charge in [-0.2, -0.15) is 0 Å². The summed E-state index contributed by atoms with van der Waals surface area (Å²) in [7, 11) is 1.98. The van der Waals surface area contributed by atoms with Crippen molar-refractivity contribution in [2.24, 2.45) is 0 Å². The number of amides is 2. The smallest absolute Gasteiger partial charge is 0.239 e. The third kappa shape index (κ3) is 5.33. The lowest BCUT2D eigenvalue weighted by Crippen LogP contribution is -2.40. The van der Waals surface area contributed by atoms with Gasteiger partial charge in [-0.05, 0) is 28.5 Å². The van der Waals surface area contributed by atoms with E-state index in [9.17, 15) is 9.59 Å². The van der Waals surface area contributed by atoms with Crippen molar-refractivity contribution < 1.29 is 9.59 Å². The molecule has 0 bridgehead atoms. The number of anilines is 1. The van der Waals surface area contributed by atoms with Crippen LogP contribution in [0.3, 0.4) is 0 Å². The van der Waals surface area contributed by atoms with Crippen LogP contribution in [0.2, 0.25) is 0 Å². The number of carbonyl (C=O) groups is 2. The second kappa shape index (κ2) is 9.55. The first-order valence-corrected chi connectivity index (χ1v) is 9.40. The van der Waals surface area contributed by atoms with Gasteiger partial charge >= 0.3 is 0 Å². The van der Waals surface area contributed by atoms with Gasteiger partial charge in [0.15, 0.2) is 0 Å². The fourth-order valence-electron chi connectivity index (χ4n) is 3.10. The molecule has 3 aromatic rings. The number of hydrogen-bond acceptors (Lipinski definition) is 3. The summed E-state index contributed by atoms with van der Waals surface area (Å²) in [4.78, 5) is 26.3. The van der Waals surface area contributed by atoms with Gasteiger partial charge in [0.2, 0.25) is 11.8 Å². The molecule has 0 saturated carbocycles. The molecule has 0 spiro atoms. The van der Waals surface area contributed by atoms with Crippen molar-refractivity contribution in [2.75, 3.05) is 31.6 Å². The lowest BCUT2D eigenvalue weighted by Gasteiger charge is -2.19. The van der Waals surface area contributed by atoms with Crippen molar-refractivity contribution in [2.45, 2.75) is 6.42 Å². The minimum Gasteiger partial charge on any atom is -0.373 e. The molecule has 0 aliphatic rings. The van der Waals surface area contributed by atoms with Crippen LogP contribution >= 0.6 is 0 Å². The maximum Gasteiger partial charge on any atom is 0.239 e. The van der Waals surface area contributed by atoms with E-state index >= 15 is 0 Å². The quantitative estimate of drug-likeness (QED) is 0.636. The molecule has 0 saturated heterocycles. The van der Waals surface area contributed by atoms with E-state index in [1.807, 2.05) is 79.8 Å². The molecule has 2 N–H and O–H groups in total. The zero-order valence-electron chi connectivity index (χ0n) is 16.0. The molecule has 0 aliphatic heterocycles. The van der Waals surface area contributed by atoms with Gasteiger partial charge < -0.3 is 15.5 Å². The molecule has 0 heterocycles. The van der Waals surface area contributed by atoms with Gasteiger partial charge in [-0.15, -0.1) is 0 Å². The molecule has 28 heavy (non-hydrogen) atoms. The molecule has 0 fully saturated rings. The topological polar surface area (TPSA) is 61.4 Å². The highest BCUT2D eigenvalue weighted by molar-refractivity contribution is 5.91. The molecular formula is C23H25N3O2. The summed E-state index contributed by atoms with van der Waals surface area (Å²) in [5.74, 6) is -0.347. The van der Waals surface area contributed by atoms with Crippen molar-refractivity contribution in [3.63, 3.8) is 0 Å². The predicted molar refractivity (Wildman–Crippen MR) is 113 cm³/mol. The lowest BCUT2D eigenvalue weighted by atomic mass is 10.0. The van der Waals surface area contributed by atoms with E-state index in [2.05, 4.69) is 15.5 Å². The first kappa shape index (κ1) is 19.4. The van der Waals surface area contributed by atoms with Gasteiger partial charge in [-0.25, -0.2) is 0 Å². The fourth-order valence-corrected chi connectivity index (χ4v) is 3.10. The average Bonchev–Trinajstić information content (AvgIpc) is 2.73. The van der Waals surface area contributed by atoms with Crippen molar-refractivity contribution in [3.05, 3.63) is 78.4 Å². The minimum atomic E-state index is -0.187. The highest BCUT2D eigenvalue weighted by atomic mass is 16.2. The van der Waals surface area contributed by atoms with Crippen LogP contribution in [0.1, 0.15) is 5.56 Å². The summed E-state index contributed by atoms with van der Waals surface area (Å²) in [5.41, 5.74) is 2.06. The Bertz CT molecular complexity index is 935. The highest BCUT2D eigenvalue weighted by Crippen LogP contribution is 2.18. The monoisotopic (exact) mass is 375 g/mol. The van der Waals surface area contributed by atoms with Crippen molar-refractivity contribution in [1.82, 2.24) is 10.6 Å². The molecule has 0 aromatic heterocycles. The summed E-state index contributed by atoms with van der Waals surface area (Å²) < 4.78 is 0. The number of para-hydroxylation sites is 1. The second-order valence-corrected chi connectivity index (χ2v) is 6.70. The van der Waals surface area contributed by atoms with E-state index in [0.29, 0.717) is 13.1 Å². The van der Waals surface area contributed by atoms with Crippen molar-refractivity contribution >= 4 is 28.3 Å². The van der Waals surface area contributed by atoms with E-state index in [4.69, 9.17) is 0 Å². The summed E-state index contributed by atoms with van der Waals surface area (Å²) in [6, 6.07) is 23.9. The molecule has 144 valence electrons. The number of fused-ring (bicyclic) bond motifs is 1. The standard InChI is InChI=1S/C23H25N3O2/c1-26(20-11-3-2-4-12-20)15-14-24-23(28)17-25-22(27)16-19-10-7-9-18-8-5-6-13-21(18)19/h2-13H,14-17H2,1H3,(H,24,28)(H,25,27). The first-order valence-electron chi connectivity index (χ1n) is 9.40. The first-order chi connectivity index (χ1) is 13.6. The number of benzene rings is 3. The Balaban J connectivity index is 1.41. The number of nitrogens with one attached hydrogen (secondary N) is 2. The van der Waals surface area contributed by atoms with Gasteiger partial charge in [0.25, 0.3) is 0 Å². The molecule has 0 radical (unpaired) electrons. The van der Waals surface area contributed by atoms with Crippen LogP contribution in [0, 0.1) is 0 Å². The molecular weight excluding hydrogens is 350 g/mol. The fraction of sp³-hybridized carbons (Fsp3) is 0.217. The Labute approximate surface area is 165 Å². The third-order valence-electron chi connectivity index (χ3n) is 4.64. The summed E-state index contributed by atoms with van der Waals surface area (Å²) >= 11 is 0. The van der Waals surface area contributed by atoms with Crippen LogP contribution in [0.25, 0.3) is 10.8 Å². The van der Waals surface area contributed by atoms with Crippen LogP contribution in [-0.2, 0) is 16.0 Å². The van der Waals surface area contributed by atoms with Crippen LogP contribution in [0.5, 0.6) is 0 Å². The van der Waals surface area contributed by atoms with E-state index in [-0.39, 0.29) is 24.8 Å². The summed E-state index contributed by atoms with van der Waals surface area (Å²) in [5, 5.41) is 7.71. The van der Waals surface area contributed by atoms with Crippen molar-refractivity contribution in [1.29, 1.82) is 0 Å². The van der Waals surface area contributed by atoms with Crippen LogP contribution in [0.4, 0.5) is 5.69 Å². The Morgan fingerprint density at radius 1 is 0.821 bits per heavy atom. The Morgan fingerprint density at radius 2 is 1.54 bits per heavy atom. The van der Waals surface area contributed by atoms with E-state index in [1.54, 1.807) is 0 Å². The highest BCUT2D eigenvalue weighted by Gasteiger charge is 2.09. The molecule has 0 aliphatic carbocycles. The number of likely N-dealkylation sites (N-methyl/N-ethyl adjacent to an activating group) is 1.